The molecular formula is C18H30N4O. The Balaban J connectivity index is 2.10. The molecule has 0 aromatic carbocycles. The van der Waals surface area contributed by atoms with Gasteiger partial charge in [-0.15, -0.1) is 0 Å². The molecule has 5 heteroatoms. The normalized spacial score (nSPS) is 18.5. The van der Waals surface area contributed by atoms with Crippen molar-refractivity contribution in [3.63, 3.8) is 0 Å². The minimum Gasteiger partial charge on any atom is -0.370 e. The average Bonchev–Trinajstić information content (AvgIpc) is 2.48. The van der Waals surface area contributed by atoms with Gasteiger partial charge >= 0.3 is 0 Å². The van der Waals surface area contributed by atoms with E-state index in [2.05, 4.69) is 32.6 Å². The first kappa shape index (κ1) is 17.7. The van der Waals surface area contributed by atoms with Crippen LogP contribution in [0.5, 0.6) is 0 Å². The number of hydrogen-bond donors (Lipinski definition) is 1. The Morgan fingerprint density at radius 3 is 2.52 bits per heavy atom. The van der Waals surface area contributed by atoms with Crippen LogP contribution in [0.3, 0.4) is 0 Å². The fraction of sp³-hybridized carbons (Fsp3) is 0.722. The standard InChI is InChI=1S/C18H30N4O/c1-12(2)10-16-13(3)20-18(21-14(16)4)22-9-5-6-15(11-22)7-8-17(19)23/h12,15H,5-11H2,1-4H3,(H2,19,23). The molecule has 128 valence electrons. The number of primary amides is 1. The number of nitrogens with zero attached hydrogens (tertiary/aromatic N) is 3. The van der Waals surface area contributed by atoms with Crippen molar-refractivity contribution in [1.29, 1.82) is 0 Å². The third-order valence-corrected chi connectivity index (χ3v) is 4.62. The fourth-order valence-electron chi connectivity index (χ4n) is 3.40. The number of carbonyl (C=O) groups is 1. The zero-order valence-electron chi connectivity index (χ0n) is 14.9. The summed E-state index contributed by atoms with van der Waals surface area (Å²) in [4.78, 5) is 22.8. The quantitative estimate of drug-likeness (QED) is 0.875. The van der Waals surface area contributed by atoms with Crippen molar-refractivity contribution in [3.8, 4) is 0 Å². The molecule has 1 unspecified atom stereocenters. The van der Waals surface area contributed by atoms with Crippen LogP contribution >= 0.6 is 0 Å². The van der Waals surface area contributed by atoms with Crippen molar-refractivity contribution in [2.24, 2.45) is 17.6 Å². The molecule has 1 atom stereocenters. The highest BCUT2D eigenvalue weighted by atomic mass is 16.1. The van der Waals surface area contributed by atoms with E-state index in [0.717, 1.165) is 56.1 Å². The second-order valence-corrected chi connectivity index (χ2v) is 7.23. The molecule has 2 heterocycles. The van der Waals surface area contributed by atoms with Crippen LogP contribution in [0, 0.1) is 25.7 Å². The maximum Gasteiger partial charge on any atom is 0.225 e. The lowest BCUT2D eigenvalue weighted by molar-refractivity contribution is -0.118. The number of rotatable bonds is 6. The Morgan fingerprint density at radius 1 is 1.30 bits per heavy atom. The first-order valence-corrected chi connectivity index (χ1v) is 8.74. The molecule has 23 heavy (non-hydrogen) atoms. The van der Waals surface area contributed by atoms with E-state index in [1.807, 2.05) is 0 Å². The van der Waals surface area contributed by atoms with Crippen molar-refractivity contribution in [2.75, 3.05) is 18.0 Å². The smallest absolute Gasteiger partial charge is 0.225 e. The van der Waals surface area contributed by atoms with Gasteiger partial charge in [0.1, 0.15) is 0 Å². The predicted octanol–water partition coefficient (Wildman–Crippen LogP) is 2.77. The van der Waals surface area contributed by atoms with E-state index in [4.69, 9.17) is 15.7 Å². The van der Waals surface area contributed by atoms with Crippen LogP contribution in [-0.4, -0.2) is 29.0 Å². The summed E-state index contributed by atoms with van der Waals surface area (Å²) in [5.41, 5.74) is 8.75. The second-order valence-electron chi connectivity index (χ2n) is 7.23. The summed E-state index contributed by atoms with van der Waals surface area (Å²) in [6, 6.07) is 0. The highest BCUT2D eigenvalue weighted by Crippen LogP contribution is 2.25. The Kier molecular flexibility index (Phi) is 5.97. The Labute approximate surface area is 139 Å². The van der Waals surface area contributed by atoms with Gasteiger partial charge in [0.2, 0.25) is 11.9 Å². The summed E-state index contributed by atoms with van der Waals surface area (Å²) in [6.07, 6.45) is 4.66. The van der Waals surface area contributed by atoms with Gasteiger partial charge in [-0.25, -0.2) is 9.97 Å². The van der Waals surface area contributed by atoms with Crippen molar-refractivity contribution in [2.45, 2.75) is 59.8 Å². The van der Waals surface area contributed by atoms with Gasteiger partial charge in [-0.2, -0.15) is 0 Å². The topological polar surface area (TPSA) is 72.1 Å². The van der Waals surface area contributed by atoms with Crippen LogP contribution in [-0.2, 0) is 11.2 Å². The molecule has 2 N–H and O–H groups in total. The largest absolute Gasteiger partial charge is 0.370 e. The summed E-state index contributed by atoms with van der Waals surface area (Å²) in [6.45, 7) is 10.5. The molecule has 0 spiro atoms. The molecule has 1 aromatic heterocycles. The number of aromatic nitrogens is 2. The summed E-state index contributed by atoms with van der Waals surface area (Å²) in [5, 5.41) is 0. The molecule has 1 amide bonds. The third-order valence-electron chi connectivity index (χ3n) is 4.62. The van der Waals surface area contributed by atoms with E-state index in [0.29, 0.717) is 18.3 Å². The van der Waals surface area contributed by atoms with Crippen LogP contribution in [0.15, 0.2) is 0 Å². The number of piperidine rings is 1. The van der Waals surface area contributed by atoms with Gasteiger partial charge in [0.05, 0.1) is 0 Å². The highest BCUT2D eigenvalue weighted by Gasteiger charge is 2.23. The van der Waals surface area contributed by atoms with E-state index in [9.17, 15) is 4.79 Å². The van der Waals surface area contributed by atoms with Crippen molar-refractivity contribution in [3.05, 3.63) is 17.0 Å². The van der Waals surface area contributed by atoms with Crippen LogP contribution in [0.2, 0.25) is 0 Å². The van der Waals surface area contributed by atoms with Crippen molar-refractivity contribution < 1.29 is 4.79 Å². The van der Waals surface area contributed by atoms with Gasteiger partial charge in [-0.3, -0.25) is 4.79 Å². The lowest BCUT2D eigenvalue weighted by Gasteiger charge is -2.33. The molecule has 0 radical (unpaired) electrons. The van der Waals surface area contributed by atoms with Crippen LogP contribution in [0.25, 0.3) is 0 Å². The maximum atomic E-state index is 11.0. The van der Waals surface area contributed by atoms with Gasteiger partial charge < -0.3 is 10.6 Å². The molecule has 0 bridgehead atoms. The molecule has 0 saturated carbocycles. The number of carbonyl (C=O) groups excluding carboxylic acids is 1. The number of amides is 1. The predicted molar refractivity (Wildman–Crippen MR) is 93.4 cm³/mol. The molecule has 1 aliphatic rings. The van der Waals surface area contributed by atoms with E-state index in [-0.39, 0.29) is 5.91 Å². The van der Waals surface area contributed by atoms with E-state index < -0.39 is 0 Å². The number of nitrogens with two attached hydrogens (primary N) is 1. The molecule has 2 rings (SSSR count). The van der Waals surface area contributed by atoms with Crippen LogP contribution in [0.4, 0.5) is 5.95 Å². The minimum atomic E-state index is -0.205. The van der Waals surface area contributed by atoms with Gasteiger partial charge in [0.15, 0.2) is 0 Å². The first-order chi connectivity index (χ1) is 10.9. The van der Waals surface area contributed by atoms with Crippen LogP contribution < -0.4 is 10.6 Å². The third kappa shape index (κ3) is 4.91. The Morgan fingerprint density at radius 2 is 1.96 bits per heavy atom. The minimum absolute atomic E-state index is 0.205. The molecule has 1 fully saturated rings. The lowest BCUT2D eigenvalue weighted by atomic mass is 9.93. The molecular weight excluding hydrogens is 288 g/mol. The number of anilines is 1. The van der Waals surface area contributed by atoms with E-state index in [1.54, 1.807) is 0 Å². The summed E-state index contributed by atoms with van der Waals surface area (Å²) in [7, 11) is 0. The zero-order valence-corrected chi connectivity index (χ0v) is 14.9. The fourth-order valence-corrected chi connectivity index (χ4v) is 3.40. The summed E-state index contributed by atoms with van der Waals surface area (Å²) in [5.74, 6) is 1.75. The zero-order chi connectivity index (χ0) is 17.0. The van der Waals surface area contributed by atoms with Gasteiger partial charge in [-0.05, 0) is 56.9 Å². The monoisotopic (exact) mass is 318 g/mol. The van der Waals surface area contributed by atoms with E-state index in [1.165, 1.54) is 5.56 Å². The first-order valence-electron chi connectivity index (χ1n) is 8.74. The average molecular weight is 318 g/mol. The van der Waals surface area contributed by atoms with Crippen molar-refractivity contribution in [1.82, 2.24) is 9.97 Å². The Hall–Kier alpha value is -1.65. The highest BCUT2D eigenvalue weighted by molar-refractivity contribution is 5.73. The Bertz CT molecular complexity index is 533. The summed E-state index contributed by atoms with van der Waals surface area (Å²) < 4.78 is 0. The van der Waals surface area contributed by atoms with E-state index >= 15 is 0 Å². The second kappa shape index (κ2) is 7.75. The SMILES string of the molecule is Cc1nc(N2CCCC(CCC(N)=O)C2)nc(C)c1CC(C)C. The number of aryl methyl sites for hydroxylation is 2. The summed E-state index contributed by atoms with van der Waals surface area (Å²) >= 11 is 0. The molecule has 1 aliphatic heterocycles. The van der Waals surface area contributed by atoms with Crippen molar-refractivity contribution >= 4 is 11.9 Å². The van der Waals surface area contributed by atoms with Gasteiger partial charge in [-0.1, -0.05) is 13.8 Å². The van der Waals surface area contributed by atoms with Gasteiger partial charge in [0.25, 0.3) is 0 Å². The maximum absolute atomic E-state index is 11.0. The van der Waals surface area contributed by atoms with Crippen LogP contribution in [0.1, 0.15) is 56.5 Å². The molecule has 5 nitrogen and oxygen atoms in total. The number of hydrogen-bond acceptors (Lipinski definition) is 4. The molecule has 1 saturated heterocycles. The lowest BCUT2D eigenvalue weighted by Crippen LogP contribution is -2.37. The molecule has 0 aliphatic carbocycles. The van der Waals surface area contributed by atoms with Gasteiger partial charge in [0, 0.05) is 30.9 Å². The molecule has 1 aromatic rings.